The Bertz CT molecular complexity index is 87.7. The number of hydrogen-bond acceptors (Lipinski definition) is 2. The minimum absolute atomic E-state index is 0.0603. The number of carbonyl (C=O) groups is 1. The van der Waals surface area contributed by atoms with E-state index in [1.165, 1.54) is 6.42 Å². The number of rotatable bonds is 4. The van der Waals surface area contributed by atoms with Crippen molar-refractivity contribution >= 4 is 12.3 Å². The molecule has 0 aromatic carbocycles. The fraction of sp³-hybridized carbons (Fsp3) is 0.400. The minimum atomic E-state index is -0.916. The molecule has 0 heterocycles. The van der Waals surface area contributed by atoms with E-state index < -0.39 is 5.97 Å². The molecule has 0 rings (SSSR count). The van der Waals surface area contributed by atoms with E-state index >= 15 is 0 Å². The predicted molar refractivity (Wildman–Crippen MR) is 26.9 cm³/mol. The molecule has 0 aromatic rings. The first-order valence-electron chi connectivity index (χ1n) is 2.16. The zero-order valence-corrected chi connectivity index (χ0v) is 4.26. The third-order valence-electron chi connectivity index (χ3n) is 0.547. The highest BCUT2D eigenvalue weighted by molar-refractivity contribution is 5.69. The van der Waals surface area contributed by atoms with Crippen LogP contribution in [-0.4, -0.2) is 17.4 Å². The fourth-order valence-corrected chi connectivity index (χ4v) is 0.255. The number of carboxylic acid groups (broad SMARTS) is 1. The molecule has 0 unspecified atom stereocenters. The third-order valence-corrected chi connectivity index (χ3v) is 0.547. The maximum Gasteiger partial charge on any atom is 0.303 e. The van der Waals surface area contributed by atoms with Gasteiger partial charge in [-0.25, -0.2) is 0 Å². The van der Waals surface area contributed by atoms with E-state index in [0.717, 1.165) is 0 Å². The van der Waals surface area contributed by atoms with E-state index in [9.17, 15) is 9.59 Å². The van der Waals surface area contributed by atoms with E-state index in [1.807, 2.05) is 0 Å². The first-order chi connectivity index (χ1) is 3.77. The molecule has 0 aliphatic rings. The largest absolute Gasteiger partial charge is 0.481 e. The summed E-state index contributed by atoms with van der Waals surface area (Å²) in [4.78, 5) is 19.2. The monoisotopic (exact) mass is 114 g/mol. The van der Waals surface area contributed by atoms with E-state index in [4.69, 9.17) is 5.11 Å². The van der Waals surface area contributed by atoms with Crippen LogP contribution in [0.5, 0.6) is 0 Å². The van der Waals surface area contributed by atoms with Gasteiger partial charge in [0.15, 0.2) is 6.29 Å². The van der Waals surface area contributed by atoms with Crippen LogP contribution in [0, 0.1) is 6.42 Å². The summed E-state index contributed by atoms with van der Waals surface area (Å²) in [5.41, 5.74) is 0. The Hall–Kier alpha value is -0.860. The molecule has 0 saturated heterocycles. The smallest absolute Gasteiger partial charge is 0.303 e. The van der Waals surface area contributed by atoms with Gasteiger partial charge in [-0.15, -0.1) is 0 Å². The van der Waals surface area contributed by atoms with Gasteiger partial charge in [0.25, 0.3) is 0 Å². The summed E-state index contributed by atoms with van der Waals surface area (Å²) in [7, 11) is 0. The van der Waals surface area contributed by atoms with Crippen LogP contribution in [0.15, 0.2) is 0 Å². The van der Waals surface area contributed by atoms with Crippen molar-refractivity contribution in [2.75, 3.05) is 0 Å². The summed E-state index contributed by atoms with van der Waals surface area (Å²) in [6.07, 6.45) is 2.95. The molecule has 0 saturated carbocycles. The number of carbonyl (C=O) groups excluding carboxylic acids is 1. The van der Waals surface area contributed by atoms with E-state index in [1.54, 1.807) is 6.29 Å². The molecule has 0 bridgehead atoms. The van der Waals surface area contributed by atoms with Gasteiger partial charge in [-0.05, 0) is 6.42 Å². The van der Waals surface area contributed by atoms with Gasteiger partial charge in [-0.3, -0.25) is 9.59 Å². The molecule has 2 radical (unpaired) electrons. The topological polar surface area (TPSA) is 54.4 Å². The lowest BCUT2D eigenvalue weighted by Gasteiger charge is -1.84. The van der Waals surface area contributed by atoms with Gasteiger partial charge in [0.1, 0.15) is 0 Å². The summed E-state index contributed by atoms with van der Waals surface area (Å²) >= 11 is 0. The molecule has 44 valence electrons. The molecule has 0 aliphatic heterocycles. The molecule has 0 atom stereocenters. The van der Waals surface area contributed by atoms with Gasteiger partial charge >= 0.3 is 5.97 Å². The Morgan fingerprint density at radius 1 is 1.75 bits per heavy atom. The van der Waals surface area contributed by atoms with Crippen molar-refractivity contribution in [3.8, 4) is 0 Å². The summed E-state index contributed by atoms with van der Waals surface area (Å²) in [5, 5.41) is 7.98. The number of hydrogen-bond donors (Lipinski definition) is 1. The molecule has 3 nitrogen and oxygen atoms in total. The van der Waals surface area contributed by atoms with Crippen molar-refractivity contribution < 1.29 is 14.7 Å². The molecule has 1 N–H and O–H groups in total. The number of aliphatic carboxylic acids is 1. The molecule has 8 heavy (non-hydrogen) atoms. The van der Waals surface area contributed by atoms with Gasteiger partial charge in [0.2, 0.25) is 0 Å². The van der Waals surface area contributed by atoms with Crippen LogP contribution >= 0.6 is 0 Å². The first kappa shape index (κ1) is 7.14. The van der Waals surface area contributed by atoms with Gasteiger partial charge in [0, 0.05) is 12.8 Å². The zero-order chi connectivity index (χ0) is 6.41. The van der Waals surface area contributed by atoms with Crippen LogP contribution in [0.4, 0.5) is 0 Å². The number of unbranched alkanes of at least 4 members (excludes halogenated alkanes) is 1. The van der Waals surface area contributed by atoms with Crippen molar-refractivity contribution in [2.24, 2.45) is 0 Å². The molecule has 3 heteroatoms. The van der Waals surface area contributed by atoms with Crippen LogP contribution in [0.25, 0.3) is 0 Å². The van der Waals surface area contributed by atoms with E-state index in [-0.39, 0.29) is 12.8 Å². The Balaban J connectivity index is 2.93. The van der Waals surface area contributed by atoms with Crippen LogP contribution in [0.1, 0.15) is 12.8 Å². The number of carboxylic acids is 1. The summed E-state index contributed by atoms with van der Waals surface area (Å²) in [5.74, 6) is -0.916. The van der Waals surface area contributed by atoms with Crippen molar-refractivity contribution in [1.29, 1.82) is 0 Å². The molecule has 0 spiro atoms. The predicted octanol–water partition coefficient (Wildman–Crippen LogP) is 0.165. The second-order valence-electron chi connectivity index (χ2n) is 1.23. The van der Waals surface area contributed by atoms with Crippen LogP contribution in [0.2, 0.25) is 0 Å². The lowest BCUT2D eigenvalue weighted by Crippen LogP contribution is -1.93. The van der Waals surface area contributed by atoms with Crippen LogP contribution < -0.4 is 0 Å². The summed E-state index contributed by atoms with van der Waals surface area (Å²) in [6, 6.07) is 0. The van der Waals surface area contributed by atoms with Crippen LogP contribution in [-0.2, 0) is 9.59 Å². The van der Waals surface area contributed by atoms with E-state index in [2.05, 4.69) is 0 Å². The van der Waals surface area contributed by atoms with Crippen molar-refractivity contribution in [3.63, 3.8) is 0 Å². The van der Waals surface area contributed by atoms with E-state index in [0.29, 0.717) is 0 Å². The quantitative estimate of drug-likeness (QED) is 0.530. The highest BCUT2D eigenvalue weighted by Gasteiger charge is 1.94. The van der Waals surface area contributed by atoms with Crippen molar-refractivity contribution in [2.45, 2.75) is 12.8 Å². The first-order valence-corrected chi connectivity index (χ1v) is 2.16. The second kappa shape index (κ2) is 4.30. The molecular weight excluding hydrogens is 108 g/mol. The average molecular weight is 114 g/mol. The highest BCUT2D eigenvalue weighted by atomic mass is 16.4. The Morgan fingerprint density at radius 3 is 2.75 bits per heavy atom. The Morgan fingerprint density at radius 2 is 2.38 bits per heavy atom. The minimum Gasteiger partial charge on any atom is -0.481 e. The molecule has 0 fully saturated rings. The maximum absolute atomic E-state index is 9.71. The zero-order valence-electron chi connectivity index (χ0n) is 4.26. The van der Waals surface area contributed by atoms with Gasteiger partial charge in [0.05, 0.1) is 0 Å². The third kappa shape index (κ3) is 5.14. The second-order valence-corrected chi connectivity index (χ2v) is 1.23. The van der Waals surface area contributed by atoms with Gasteiger partial charge in [-0.2, -0.15) is 0 Å². The Kier molecular flexibility index (Phi) is 3.84. The molecule has 0 aromatic heterocycles. The van der Waals surface area contributed by atoms with Crippen molar-refractivity contribution in [3.05, 3.63) is 6.42 Å². The average Bonchev–Trinajstić information content (AvgIpc) is 1.66. The fourth-order valence-electron chi connectivity index (χ4n) is 0.255. The molecule has 0 aliphatic carbocycles. The highest BCUT2D eigenvalue weighted by Crippen LogP contribution is 1.88. The summed E-state index contributed by atoms with van der Waals surface area (Å²) in [6.45, 7) is 0. The lowest BCUT2D eigenvalue weighted by atomic mass is 10.2. The standard InChI is InChI=1S/C5H6O3/c6-4-2-1-3-5(7)8/h1H,2-3H2,(H,7,8). The lowest BCUT2D eigenvalue weighted by molar-refractivity contribution is -0.136. The van der Waals surface area contributed by atoms with Crippen molar-refractivity contribution in [1.82, 2.24) is 0 Å². The van der Waals surface area contributed by atoms with Gasteiger partial charge in [-0.1, -0.05) is 0 Å². The molecular formula is C5H6O3. The maximum atomic E-state index is 9.71. The van der Waals surface area contributed by atoms with Crippen LogP contribution in [0.3, 0.4) is 0 Å². The molecule has 0 amide bonds. The summed E-state index contributed by atoms with van der Waals surface area (Å²) < 4.78 is 0. The normalized spacial score (nSPS) is 8.50. The van der Waals surface area contributed by atoms with Gasteiger partial charge < -0.3 is 5.11 Å². The SMILES string of the molecule is O=[C]C[CH]CC(=O)O. The Labute approximate surface area is 47.3 Å².